The van der Waals surface area contributed by atoms with E-state index in [0.29, 0.717) is 30.2 Å². The molecule has 2 atom stereocenters. The number of piperidine rings is 2. The number of hydrogen-bond donors (Lipinski definition) is 1. The molecule has 1 spiro atoms. The van der Waals surface area contributed by atoms with Crippen molar-refractivity contribution in [3.63, 3.8) is 0 Å². The van der Waals surface area contributed by atoms with Crippen molar-refractivity contribution >= 4 is 33.6 Å². The summed E-state index contributed by atoms with van der Waals surface area (Å²) in [5.74, 6) is -3.67. The van der Waals surface area contributed by atoms with E-state index in [1.165, 1.54) is 68.9 Å². The largest absolute Gasteiger partial charge is 0.497 e. The highest BCUT2D eigenvalue weighted by molar-refractivity contribution is 7.93. The Bertz CT molecular complexity index is 2190. The average Bonchev–Trinajstić information content (AvgIpc) is 3.43. The molecule has 0 saturated carbocycles. The summed E-state index contributed by atoms with van der Waals surface area (Å²) < 4.78 is 92.0. The number of rotatable bonds is 9. The summed E-state index contributed by atoms with van der Waals surface area (Å²) in [6, 6.07) is 11.5. The third kappa shape index (κ3) is 6.91. The Labute approximate surface area is 320 Å². The fraction of sp³-hybridized carbons (Fsp3) is 0.432. The number of esters is 1. The molecule has 1 aromatic heterocycles. The van der Waals surface area contributed by atoms with Crippen LogP contribution in [0.15, 0.2) is 59.6 Å². The van der Waals surface area contributed by atoms with Gasteiger partial charge in [0, 0.05) is 29.8 Å². The summed E-state index contributed by atoms with van der Waals surface area (Å²) in [6.45, 7) is 2.24. The molecular formula is C37H39F3N6O9S. The molecule has 3 amide bonds. The first-order valence-corrected chi connectivity index (χ1v) is 19.0. The molecule has 2 unspecified atom stereocenters. The van der Waals surface area contributed by atoms with Gasteiger partial charge in [0.05, 0.1) is 50.3 Å². The zero-order valence-electron chi connectivity index (χ0n) is 30.9. The lowest BCUT2D eigenvalue weighted by Crippen LogP contribution is -2.62. The highest BCUT2D eigenvalue weighted by Gasteiger charge is 2.60. The van der Waals surface area contributed by atoms with Crippen molar-refractivity contribution in [3.05, 3.63) is 71.4 Å². The number of fused-ring (bicyclic) bond motifs is 1. The second-order valence-electron chi connectivity index (χ2n) is 13.7. The van der Waals surface area contributed by atoms with E-state index in [2.05, 4.69) is 10.3 Å². The predicted octanol–water partition coefficient (Wildman–Crippen LogP) is 3.95. The van der Waals surface area contributed by atoms with Gasteiger partial charge in [-0.15, -0.1) is 0 Å². The number of nitrogens with zero attached hydrogens (tertiary/aromatic N) is 5. The number of sulfonamides is 1. The molecule has 6 rings (SSSR count). The maximum Gasteiger partial charge on any atom is 0.490 e. The summed E-state index contributed by atoms with van der Waals surface area (Å²) in [5, 5.41) is 12.7. The summed E-state index contributed by atoms with van der Waals surface area (Å²) in [6.07, 6.45) is -4.34. The van der Waals surface area contributed by atoms with Crippen molar-refractivity contribution in [2.45, 2.75) is 48.9 Å². The number of benzene rings is 2. The second kappa shape index (κ2) is 15.1. The van der Waals surface area contributed by atoms with Crippen molar-refractivity contribution in [2.24, 2.45) is 5.41 Å². The zero-order chi connectivity index (χ0) is 40.6. The standard InChI is InChI=1S/C37H39F3N6O9S/c1-5-54-31-25(7-6-15-42-31)36(43-34(49)45-18-14-35(12-16-44(2)17-13-35)30(22-45)55-33(48)37(38,39)40)26-19-23(21-41)8-10-27(26)46(32(36)47)56(50,51)29-11-9-24(52-3)20-28(29)53-4/h6-11,15,19-20,30H,5,12-14,16-18,22H2,1-4H3,(H,43,49). The Kier molecular flexibility index (Phi) is 10.8. The van der Waals surface area contributed by atoms with Crippen LogP contribution in [0.25, 0.3) is 0 Å². The number of hydrogen-bond acceptors (Lipinski definition) is 12. The molecule has 2 aromatic carbocycles. The first-order valence-electron chi connectivity index (χ1n) is 17.5. The van der Waals surface area contributed by atoms with E-state index in [4.69, 9.17) is 18.9 Å². The quantitative estimate of drug-likeness (QED) is 0.309. The topological polar surface area (TPSA) is 181 Å². The van der Waals surface area contributed by atoms with E-state index >= 15 is 4.79 Å². The van der Waals surface area contributed by atoms with Crippen LogP contribution in [0, 0.1) is 16.7 Å². The lowest BCUT2D eigenvalue weighted by Gasteiger charge is -2.50. The minimum absolute atomic E-state index is 0.000363. The van der Waals surface area contributed by atoms with Gasteiger partial charge in [0.15, 0.2) is 5.54 Å². The van der Waals surface area contributed by atoms with Crippen LogP contribution in [0.3, 0.4) is 0 Å². The number of nitrogens with one attached hydrogen (secondary N) is 1. The Morgan fingerprint density at radius 1 is 1.04 bits per heavy atom. The van der Waals surface area contributed by atoms with Crippen LogP contribution in [0.5, 0.6) is 17.4 Å². The molecule has 1 N–H and O–H groups in total. The number of carbonyl (C=O) groups is 3. The van der Waals surface area contributed by atoms with E-state index in [1.54, 1.807) is 6.92 Å². The van der Waals surface area contributed by atoms with Crippen LogP contribution in [0.4, 0.5) is 23.7 Å². The number of pyridine rings is 1. The molecule has 15 nitrogen and oxygen atoms in total. The van der Waals surface area contributed by atoms with Crippen LogP contribution in [0.2, 0.25) is 0 Å². The number of urea groups is 1. The van der Waals surface area contributed by atoms with Gasteiger partial charge in [-0.3, -0.25) is 4.79 Å². The molecule has 0 bridgehead atoms. The van der Waals surface area contributed by atoms with Gasteiger partial charge in [-0.1, -0.05) is 0 Å². The summed E-state index contributed by atoms with van der Waals surface area (Å²) in [7, 11) is -0.421. The van der Waals surface area contributed by atoms with E-state index in [-0.39, 0.29) is 59.3 Å². The molecule has 4 heterocycles. The predicted molar refractivity (Wildman–Crippen MR) is 191 cm³/mol. The van der Waals surface area contributed by atoms with Gasteiger partial charge in [0.2, 0.25) is 5.88 Å². The number of anilines is 1. The van der Waals surface area contributed by atoms with E-state index in [1.807, 2.05) is 18.0 Å². The van der Waals surface area contributed by atoms with E-state index in [9.17, 15) is 36.4 Å². The number of aromatic nitrogens is 1. The minimum Gasteiger partial charge on any atom is -0.497 e. The van der Waals surface area contributed by atoms with Gasteiger partial charge >= 0.3 is 18.2 Å². The fourth-order valence-electron chi connectivity index (χ4n) is 7.58. The maximum absolute atomic E-state index is 15.3. The van der Waals surface area contributed by atoms with E-state index < -0.39 is 62.6 Å². The smallest absolute Gasteiger partial charge is 0.490 e. The molecule has 2 saturated heterocycles. The van der Waals surface area contributed by atoms with Crippen LogP contribution in [-0.2, 0) is 29.9 Å². The Morgan fingerprint density at radius 3 is 2.39 bits per heavy atom. The number of amides is 3. The van der Waals surface area contributed by atoms with Crippen LogP contribution >= 0.6 is 0 Å². The zero-order valence-corrected chi connectivity index (χ0v) is 31.7. The molecule has 3 aromatic rings. The number of ether oxygens (including phenoxy) is 4. The minimum atomic E-state index is -5.29. The van der Waals surface area contributed by atoms with Gasteiger partial charge < -0.3 is 34.1 Å². The highest BCUT2D eigenvalue weighted by Crippen LogP contribution is 2.50. The van der Waals surface area contributed by atoms with Gasteiger partial charge in [-0.05, 0) is 88.8 Å². The summed E-state index contributed by atoms with van der Waals surface area (Å²) in [4.78, 5) is 49.1. The number of alkyl halides is 3. The second-order valence-corrected chi connectivity index (χ2v) is 15.4. The highest BCUT2D eigenvalue weighted by atomic mass is 32.2. The van der Waals surface area contributed by atoms with E-state index in [0.717, 1.165) is 4.90 Å². The first kappa shape index (κ1) is 40.1. The lowest BCUT2D eigenvalue weighted by molar-refractivity contribution is -0.215. The first-order chi connectivity index (χ1) is 26.6. The SMILES string of the molecule is CCOc1ncccc1C1(NC(=O)N2CCC3(CCN(C)CC3)C(OC(=O)C(F)(F)F)C2)C(=O)N(S(=O)(=O)c2ccc(OC)cc2OC)c2ccc(C#N)cc21. The molecule has 298 valence electrons. The van der Waals surface area contributed by atoms with Crippen molar-refractivity contribution in [2.75, 3.05) is 58.4 Å². The van der Waals surface area contributed by atoms with Crippen molar-refractivity contribution in [1.82, 2.24) is 20.1 Å². The average molecular weight is 801 g/mol. The number of methoxy groups -OCH3 is 2. The molecule has 3 aliphatic heterocycles. The number of nitriles is 1. The molecule has 19 heteroatoms. The number of halogens is 3. The lowest BCUT2D eigenvalue weighted by atomic mass is 9.69. The number of likely N-dealkylation sites (tertiary alicyclic amines) is 2. The molecule has 2 fully saturated rings. The van der Waals surface area contributed by atoms with Crippen LogP contribution in [0.1, 0.15) is 42.9 Å². The monoisotopic (exact) mass is 800 g/mol. The Balaban J connectivity index is 1.50. The number of carbonyl (C=O) groups excluding carboxylic acids is 3. The molecule has 56 heavy (non-hydrogen) atoms. The molecule has 3 aliphatic rings. The third-order valence-corrected chi connectivity index (χ3v) is 12.3. The fourth-order valence-corrected chi connectivity index (χ4v) is 9.19. The van der Waals surface area contributed by atoms with Crippen LogP contribution in [-0.4, -0.2) is 107 Å². The van der Waals surface area contributed by atoms with Crippen molar-refractivity contribution in [3.8, 4) is 23.4 Å². The van der Waals surface area contributed by atoms with Gasteiger partial charge in [-0.2, -0.15) is 22.7 Å². The van der Waals surface area contributed by atoms with Gasteiger partial charge in [0.1, 0.15) is 22.5 Å². The van der Waals surface area contributed by atoms with Crippen LogP contribution < -0.4 is 23.8 Å². The molecular weight excluding hydrogens is 762 g/mol. The van der Waals surface area contributed by atoms with Gasteiger partial charge in [-0.25, -0.2) is 23.0 Å². The summed E-state index contributed by atoms with van der Waals surface area (Å²) >= 11 is 0. The summed E-state index contributed by atoms with van der Waals surface area (Å²) in [5.41, 5.74) is -3.78. The maximum atomic E-state index is 15.3. The Hall–Kier alpha value is -5.61. The normalized spacial score (nSPS) is 20.9. The van der Waals surface area contributed by atoms with Gasteiger partial charge in [0.25, 0.3) is 15.9 Å². The van der Waals surface area contributed by atoms with Crippen molar-refractivity contribution < 1.29 is 54.9 Å². The third-order valence-electron chi connectivity index (χ3n) is 10.6. The Morgan fingerprint density at radius 2 is 1.75 bits per heavy atom. The molecule has 0 radical (unpaired) electrons. The molecule has 0 aliphatic carbocycles. The van der Waals surface area contributed by atoms with Crippen molar-refractivity contribution in [1.29, 1.82) is 5.26 Å².